The number of benzene rings is 2. The number of amides is 1. The molecule has 1 amide bonds. The number of carbonyl (C=O) groups excluding carboxylic acids is 2. The number of esters is 1. The minimum absolute atomic E-state index is 0.149. The van der Waals surface area contributed by atoms with Gasteiger partial charge in [0.2, 0.25) is 5.91 Å². The predicted molar refractivity (Wildman–Crippen MR) is 136 cm³/mol. The van der Waals surface area contributed by atoms with E-state index in [0.29, 0.717) is 10.6 Å². The molecule has 2 heterocycles. The van der Waals surface area contributed by atoms with Crippen molar-refractivity contribution in [1.29, 1.82) is 0 Å². The SMILES string of the molecule is CCOC(=O)c1c(NC(=O)CN2CCN(c3ccc(O)cc3)CC2)sc(C)c1-c1ccccc1. The lowest BCUT2D eigenvalue weighted by Crippen LogP contribution is -2.48. The van der Waals surface area contributed by atoms with Crippen LogP contribution in [0.3, 0.4) is 0 Å². The van der Waals surface area contributed by atoms with E-state index in [2.05, 4.69) is 15.1 Å². The molecule has 7 nitrogen and oxygen atoms in total. The van der Waals surface area contributed by atoms with E-state index in [1.54, 1.807) is 19.1 Å². The van der Waals surface area contributed by atoms with E-state index in [9.17, 15) is 14.7 Å². The van der Waals surface area contributed by atoms with Gasteiger partial charge < -0.3 is 20.1 Å². The Hall–Kier alpha value is -3.36. The van der Waals surface area contributed by atoms with Crippen LogP contribution in [0.15, 0.2) is 54.6 Å². The third-order valence-electron chi connectivity index (χ3n) is 5.83. The molecule has 0 spiro atoms. The van der Waals surface area contributed by atoms with Gasteiger partial charge in [0.25, 0.3) is 0 Å². The van der Waals surface area contributed by atoms with Crippen molar-refractivity contribution in [2.45, 2.75) is 13.8 Å². The third-order valence-corrected chi connectivity index (χ3v) is 6.85. The van der Waals surface area contributed by atoms with Crippen molar-refractivity contribution in [3.63, 3.8) is 0 Å². The van der Waals surface area contributed by atoms with Crippen molar-refractivity contribution in [3.8, 4) is 16.9 Å². The van der Waals surface area contributed by atoms with Gasteiger partial charge in [-0.3, -0.25) is 9.69 Å². The molecular formula is C26H29N3O4S. The molecule has 4 rings (SSSR count). The van der Waals surface area contributed by atoms with Crippen molar-refractivity contribution in [1.82, 2.24) is 4.90 Å². The molecule has 178 valence electrons. The molecular weight excluding hydrogens is 450 g/mol. The summed E-state index contributed by atoms with van der Waals surface area (Å²) >= 11 is 1.40. The minimum atomic E-state index is -0.427. The van der Waals surface area contributed by atoms with Gasteiger partial charge in [-0.25, -0.2) is 4.79 Å². The van der Waals surface area contributed by atoms with Crippen LogP contribution in [0.2, 0.25) is 0 Å². The van der Waals surface area contributed by atoms with Crippen LogP contribution in [0.1, 0.15) is 22.2 Å². The van der Waals surface area contributed by atoms with Gasteiger partial charge in [-0.2, -0.15) is 0 Å². The van der Waals surface area contributed by atoms with Crippen LogP contribution in [0.5, 0.6) is 5.75 Å². The van der Waals surface area contributed by atoms with Gasteiger partial charge in [0.1, 0.15) is 16.3 Å². The number of piperazine rings is 1. The van der Waals surface area contributed by atoms with Crippen molar-refractivity contribution in [2.75, 3.05) is 49.5 Å². The number of phenolic OH excluding ortho intramolecular Hbond substituents is 1. The van der Waals surface area contributed by atoms with E-state index in [0.717, 1.165) is 47.9 Å². The number of ether oxygens (including phenoxy) is 1. The molecule has 0 atom stereocenters. The summed E-state index contributed by atoms with van der Waals surface area (Å²) in [4.78, 5) is 31.1. The largest absolute Gasteiger partial charge is 0.508 e. The van der Waals surface area contributed by atoms with E-state index >= 15 is 0 Å². The molecule has 3 aromatic rings. The maximum Gasteiger partial charge on any atom is 0.341 e. The van der Waals surface area contributed by atoms with Crippen LogP contribution >= 0.6 is 11.3 Å². The fourth-order valence-corrected chi connectivity index (χ4v) is 5.26. The summed E-state index contributed by atoms with van der Waals surface area (Å²) in [6.07, 6.45) is 0. The highest BCUT2D eigenvalue weighted by atomic mass is 32.1. The van der Waals surface area contributed by atoms with Crippen LogP contribution in [-0.2, 0) is 9.53 Å². The van der Waals surface area contributed by atoms with E-state index in [1.807, 2.05) is 49.4 Å². The summed E-state index contributed by atoms with van der Waals surface area (Å²) in [6.45, 7) is 7.33. The number of anilines is 2. The summed E-state index contributed by atoms with van der Waals surface area (Å²) in [6, 6.07) is 16.9. The number of aromatic hydroxyl groups is 1. The first kappa shape index (κ1) is 23.8. The van der Waals surface area contributed by atoms with E-state index in [4.69, 9.17) is 4.74 Å². The number of nitrogens with one attached hydrogen (secondary N) is 1. The smallest absolute Gasteiger partial charge is 0.341 e. The molecule has 1 aromatic heterocycles. The second-order valence-corrected chi connectivity index (χ2v) is 9.38. The lowest BCUT2D eigenvalue weighted by Gasteiger charge is -2.35. The molecule has 0 bridgehead atoms. The molecule has 1 fully saturated rings. The van der Waals surface area contributed by atoms with Crippen molar-refractivity contribution >= 4 is 33.9 Å². The standard InChI is InChI=1S/C26H29N3O4S/c1-3-33-26(32)24-23(19-7-5-4-6-8-19)18(2)34-25(24)27-22(31)17-28-13-15-29(16-14-28)20-9-11-21(30)12-10-20/h4-12,30H,3,13-17H2,1-2H3,(H,27,31). The number of phenols is 1. The van der Waals surface area contributed by atoms with E-state index in [-0.39, 0.29) is 24.8 Å². The molecule has 0 aliphatic carbocycles. The summed E-state index contributed by atoms with van der Waals surface area (Å²) in [7, 11) is 0. The molecule has 1 aliphatic heterocycles. The average molecular weight is 480 g/mol. The summed E-state index contributed by atoms with van der Waals surface area (Å²) in [5.74, 6) is -0.325. The zero-order chi connectivity index (χ0) is 24.1. The number of nitrogens with zero attached hydrogens (tertiary/aromatic N) is 2. The number of hydrogen-bond donors (Lipinski definition) is 2. The first-order valence-electron chi connectivity index (χ1n) is 11.4. The van der Waals surface area contributed by atoms with Gasteiger partial charge in [-0.05, 0) is 43.7 Å². The van der Waals surface area contributed by atoms with Crippen LogP contribution in [0.4, 0.5) is 10.7 Å². The molecule has 1 saturated heterocycles. The zero-order valence-electron chi connectivity index (χ0n) is 19.4. The average Bonchev–Trinajstić information content (AvgIpc) is 3.16. The van der Waals surface area contributed by atoms with Gasteiger partial charge in [0, 0.05) is 42.3 Å². The number of hydrogen-bond acceptors (Lipinski definition) is 7. The van der Waals surface area contributed by atoms with Crippen LogP contribution < -0.4 is 10.2 Å². The topological polar surface area (TPSA) is 82.1 Å². The maximum absolute atomic E-state index is 12.9. The lowest BCUT2D eigenvalue weighted by molar-refractivity contribution is -0.117. The molecule has 0 saturated carbocycles. The Labute approximate surface area is 203 Å². The Bertz CT molecular complexity index is 1140. The molecule has 2 aromatic carbocycles. The molecule has 0 unspecified atom stereocenters. The quantitative estimate of drug-likeness (QED) is 0.490. The molecule has 8 heteroatoms. The van der Waals surface area contributed by atoms with Crippen LogP contribution in [-0.4, -0.2) is 61.2 Å². The van der Waals surface area contributed by atoms with Gasteiger partial charge in [-0.1, -0.05) is 30.3 Å². The Balaban J connectivity index is 1.44. The Kier molecular flexibility index (Phi) is 7.49. The van der Waals surface area contributed by atoms with Crippen molar-refractivity contribution in [2.24, 2.45) is 0 Å². The zero-order valence-corrected chi connectivity index (χ0v) is 20.2. The first-order chi connectivity index (χ1) is 16.5. The van der Waals surface area contributed by atoms with Gasteiger partial charge in [0.05, 0.1) is 13.2 Å². The van der Waals surface area contributed by atoms with Gasteiger partial charge in [0.15, 0.2) is 0 Å². The third kappa shape index (κ3) is 5.40. The number of thiophene rings is 1. The van der Waals surface area contributed by atoms with Crippen LogP contribution in [0.25, 0.3) is 11.1 Å². The van der Waals surface area contributed by atoms with E-state index in [1.165, 1.54) is 11.3 Å². The monoisotopic (exact) mass is 479 g/mol. The number of rotatable bonds is 7. The fraction of sp³-hybridized carbons (Fsp3) is 0.308. The Morgan fingerprint density at radius 1 is 1.03 bits per heavy atom. The number of aryl methyl sites for hydroxylation is 1. The second kappa shape index (κ2) is 10.7. The normalized spacial score (nSPS) is 14.1. The van der Waals surface area contributed by atoms with E-state index < -0.39 is 5.97 Å². The maximum atomic E-state index is 12.9. The van der Waals surface area contributed by atoms with Crippen molar-refractivity contribution < 1.29 is 19.4 Å². The second-order valence-electron chi connectivity index (χ2n) is 8.15. The summed E-state index contributed by atoms with van der Waals surface area (Å²) in [5.41, 5.74) is 3.21. The summed E-state index contributed by atoms with van der Waals surface area (Å²) < 4.78 is 5.32. The highest BCUT2D eigenvalue weighted by molar-refractivity contribution is 7.17. The molecule has 0 radical (unpaired) electrons. The minimum Gasteiger partial charge on any atom is -0.508 e. The molecule has 34 heavy (non-hydrogen) atoms. The Morgan fingerprint density at radius 3 is 2.35 bits per heavy atom. The predicted octanol–water partition coefficient (Wildman–Crippen LogP) is 4.37. The molecule has 1 aliphatic rings. The van der Waals surface area contributed by atoms with Crippen molar-refractivity contribution in [3.05, 3.63) is 65.0 Å². The van der Waals surface area contributed by atoms with Crippen LogP contribution in [0, 0.1) is 6.92 Å². The fourth-order valence-electron chi connectivity index (χ4n) is 4.18. The highest BCUT2D eigenvalue weighted by Crippen LogP contribution is 2.40. The molecule has 2 N–H and O–H groups in total. The summed E-state index contributed by atoms with van der Waals surface area (Å²) in [5, 5.41) is 13.0. The number of carbonyl (C=O) groups is 2. The lowest BCUT2D eigenvalue weighted by atomic mass is 10.0. The van der Waals surface area contributed by atoms with Gasteiger partial charge >= 0.3 is 5.97 Å². The highest BCUT2D eigenvalue weighted by Gasteiger charge is 2.26. The van der Waals surface area contributed by atoms with Gasteiger partial charge in [-0.15, -0.1) is 11.3 Å². The first-order valence-corrected chi connectivity index (χ1v) is 12.2. The Morgan fingerprint density at radius 2 is 1.71 bits per heavy atom.